The first-order chi connectivity index (χ1) is 8.63. The molecule has 0 bridgehead atoms. The van der Waals surface area contributed by atoms with Crippen molar-refractivity contribution in [2.75, 3.05) is 7.11 Å². The van der Waals surface area contributed by atoms with Crippen molar-refractivity contribution in [3.63, 3.8) is 0 Å². The Morgan fingerprint density at radius 1 is 1.33 bits per heavy atom. The van der Waals surface area contributed by atoms with Crippen LogP contribution in [0.15, 0.2) is 29.2 Å². The molecule has 0 aromatic heterocycles. The van der Waals surface area contributed by atoms with E-state index in [2.05, 4.69) is 6.92 Å². The third-order valence-corrected chi connectivity index (χ3v) is 5.53. The molecule has 0 amide bonds. The van der Waals surface area contributed by atoms with Gasteiger partial charge in [0.15, 0.2) is 0 Å². The maximum Gasteiger partial charge on any atom is 0.134 e. The summed E-state index contributed by atoms with van der Waals surface area (Å²) in [7, 11) is 0.529. The Morgan fingerprint density at radius 2 is 2.06 bits per heavy atom. The molecular formula is C14H21NO2S. The molecule has 1 saturated carbocycles. The predicted octanol–water partition coefficient (Wildman–Crippen LogP) is 2.32. The van der Waals surface area contributed by atoms with Crippen molar-refractivity contribution in [2.24, 2.45) is 11.7 Å². The van der Waals surface area contributed by atoms with Gasteiger partial charge in [-0.3, -0.25) is 4.21 Å². The van der Waals surface area contributed by atoms with E-state index in [1.165, 1.54) is 0 Å². The number of para-hydroxylation sites is 1. The van der Waals surface area contributed by atoms with E-state index in [0.29, 0.717) is 11.7 Å². The third-order valence-electron chi connectivity index (χ3n) is 3.67. The van der Waals surface area contributed by atoms with E-state index in [9.17, 15) is 4.21 Å². The van der Waals surface area contributed by atoms with Crippen LogP contribution >= 0.6 is 0 Å². The van der Waals surface area contributed by atoms with E-state index in [1.807, 2.05) is 24.3 Å². The zero-order valence-electron chi connectivity index (χ0n) is 11.0. The topological polar surface area (TPSA) is 52.3 Å². The first-order valence-electron chi connectivity index (χ1n) is 6.42. The van der Waals surface area contributed by atoms with Crippen molar-refractivity contribution >= 4 is 10.8 Å². The normalized spacial score (nSPS) is 29.8. The van der Waals surface area contributed by atoms with Crippen LogP contribution in [0.1, 0.15) is 26.2 Å². The Labute approximate surface area is 111 Å². The Morgan fingerprint density at radius 3 is 2.78 bits per heavy atom. The van der Waals surface area contributed by atoms with Crippen molar-refractivity contribution in [1.82, 2.24) is 0 Å². The van der Waals surface area contributed by atoms with Crippen LogP contribution in [0.3, 0.4) is 0 Å². The summed E-state index contributed by atoms with van der Waals surface area (Å²) in [5.74, 6) is 1.30. The zero-order chi connectivity index (χ0) is 13.1. The van der Waals surface area contributed by atoms with Crippen LogP contribution < -0.4 is 10.5 Å². The van der Waals surface area contributed by atoms with Crippen LogP contribution in [0.25, 0.3) is 0 Å². The molecule has 1 aromatic carbocycles. The molecule has 3 nitrogen and oxygen atoms in total. The molecule has 18 heavy (non-hydrogen) atoms. The highest BCUT2D eigenvalue weighted by atomic mass is 32.2. The van der Waals surface area contributed by atoms with Gasteiger partial charge in [-0.05, 0) is 37.3 Å². The predicted molar refractivity (Wildman–Crippen MR) is 74.2 cm³/mol. The number of methoxy groups -OCH3 is 1. The fraction of sp³-hybridized carbons (Fsp3) is 0.571. The van der Waals surface area contributed by atoms with Gasteiger partial charge in [-0.15, -0.1) is 0 Å². The molecule has 0 aliphatic heterocycles. The minimum Gasteiger partial charge on any atom is -0.495 e. The smallest absolute Gasteiger partial charge is 0.134 e. The van der Waals surface area contributed by atoms with Gasteiger partial charge in [0.1, 0.15) is 5.75 Å². The largest absolute Gasteiger partial charge is 0.495 e. The maximum atomic E-state index is 12.7. The van der Waals surface area contributed by atoms with Crippen LogP contribution in [-0.2, 0) is 10.8 Å². The molecule has 1 aliphatic carbocycles. The Kier molecular flexibility index (Phi) is 4.40. The van der Waals surface area contributed by atoms with Gasteiger partial charge >= 0.3 is 0 Å². The maximum absolute atomic E-state index is 12.7. The minimum atomic E-state index is -1.08. The molecule has 1 aromatic rings. The summed E-state index contributed by atoms with van der Waals surface area (Å²) in [6.45, 7) is 2.21. The molecule has 100 valence electrons. The molecule has 2 rings (SSSR count). The number of nitrogens with two attached hydrogens (primary N) is 1. The number of hydrogen-bond donors (Lipinski definition) is 1. The average Bonchev–Trinajstić information content (AvgIpc) is 2.40. The van der Waals surface area contributed by atoms with Crippen LogP contribution in [-0.4, -0.2) is 22.6 Å². The summed E-state index contributed by atoms with van der Waals surface area (Å²) >= 11 is 0. The molecule has 4 unspecified atom stereocenters. The summed E-state index contributed by atoms with van der Waals surface area (Å²) in [5.41, 5.74) is 6.14. The van der Waals surface area contributed by atoms with Gasteiger partial charge in [0.2, 0.25) is 0 Å². The molecule has 0 heterocycles. The highest BCUT2D eigenvalue weighted by Gasteiger charge is 2.32. The lowest BCUT2D eigenvalue weighted by atomic mass is 9.87. The van der Waals surface area contributed by atoms with Crippen molar-refractivity contribution in [3.05, 3.63) is 24.3 Å². The molecule has 1 fully saturated rings. The Hall–Kier alpha value is -0.870. The minimum absolute atomic E-state index is 0.0342. The van der Waals surface area contributed by atoms with Crippen LogP contribution in [0.4, 0.5) is 0 Å². The van der Waals surface area contributed by atoms with Crippen LogP contribution in [0, 0.1) is 5.92 Å². The average molecular weight is 267 g/mol. The quantitative estimate of drug-likeness (QED) is 0.914. The molecule has 0 radical (unpaired) electrons. The highest BCUT2D eigenvalue weighted by molar-refractivity contribution is 7.85. The third kappa shape index (κ3) is 2.75. The Bertz CT molecular complexity index is 436. The molecule has 2 N–H and O–H groups in total. The van der Waals surface area contributed by atoms with Gasteiger partial charge < -0.3 is 10.5 Å². The first kappa shape index (κ1) is 13.6. The summed E-state index contributed by atoms with van der Waals surface area (Å²) < 4.78 is 18.0. The Balaban J connectivity index is 2.24. The van der Waals surface area contributed by atoms with Crippen molar-refractivity contribution in [2.45, 2.75) is 42.4 Å². The lowest BCUT2D eigenvalue weighted by Gasteiger charge is -2.32. The van der Waals surface area contributed by atoms with E-state index < -0.39 is 10.8 Å². The van der Waals surface area contributed by atoms with Crippen molar-refractivity contribution in [3.8, 4) is 5.75 Å². The highest BCUT2D eigenvalue weighted by Crippen LogP contribution is 2.32. The fourth-order valence-electron chi connectivity index (χ4n) is 2.55. The van der Waals surface area contributed by atoms with Gasteiger partial charge in [0, 0.05) is 6.04 Å². The van der Waals surface area contributed by atoms with Gasteiger partial charge in [-0.2, -0.15) is 0 Å². The number of rotatable bonds is 3. The van der Waals surface area contributed by atoms with Crippen LogP contribution in [0.5, 0.6) is 5.75 Å². The summed E-state index contributed by atoms with van der Waals surface area (Å²) in [4.78, 5) is 0.773. The first-order valence-corrected chi connectivity index (χ1v) is 7.64. The molecule has 4 atom stereocenters. The number of benzene rings is 1. The van der Waals surface area contributed by atoms with Gasteiger partial charge in [-0.25, -0.2) is 0 Å². The molecule has 0 spiro atoms. The molecule has 0 saturated heterocycles. The second-order valence-electron chi connectivity index (χ2n) is 5.07. The fourth-order valence-corrected chi connectivity index (χ4v) is 4.39. The van der Waals surface area contributed by atoms with Gasteiger partial charge in [0.25, 0.3) is 0 Å². The van der Waals surface area contributed by atoms with Crippen molar-refractivity contribution < 1.29 is 8.95 Å². The second kappa shape index (κ2) is 5.85. The van der Waals surface area contributed by atoms with E-state index in [0.717, 1.165) is 24.2 Å². The molecular weight excluding hydrogens is 246 g/mol. The molecule has 4 heteroatoms. The SMILES string of the molecule is COc1ccccc1S(=O)C1CC(C)CCC1N. The van der Waals surface area contributed by atoms with E-state index in [4.69, 9.17) is 10.5 Å². The van der Waals surface area contributed by atoms with Gasteiger partial charge in [-0.1, -0.05) is 19.1 Å². The van der Waals surface area contributed by atoms with E-state index >= 15 is 0 Å². The summed E-state index contributed by atoms with van der Waals surface area (Å²) in [6.07, 6.45) is 3.04. The molecule has 1 aliphatic rings. The van der Waals surface area contributed by atoms with Gasteiger partial charge in [0.05, 0.1) is 28.1 Å². The number of ether oxygens (including phenoxy) is 1. The zero-order valence-corrected chi connectivity index (χ0v) is 11.8. The van der Waals surface area contributed by atoms with Crippen LogP contribution in [0.2, 0.25) is 0 Å². The van der Waals surface area contributed by atoms with E-state index in [1.54, 1.807) is 7.11 Å². The van der Waals surface area contributed by atoms with E-state index in [-0.39, 0.29) is 11.3 Å². The number of hydrogen-bond acceptors (Lipinski definition) is 3. The van der Waals surface area contributed by atoms with Crippen molar-refractivity contribution in [1.29, 1.82) is 0 Å². The summed E-state index contributed by atoms with van der Waals surface area (Å²) in [5, 5.41) is 0.0463. The monoisotopic (exact) mass is 267 g/mol. The summed E-state index contributed by atoms with van der Waals surface area (Å²) in [6, 6.07) is 7.55. The lowest BCUT2D eigenvalue weighted by Crippen LogP contribution is -2.42. The lowest BCUT2D eigenvalue weighted by molar-refractivity contribution is 0.352. The standard InChI is InChI=1S/C14H21NO2S/c1-10-7-8-11(15)14(9-10)18(16)13-6-4-3-5-12(13)17-2/h3-6,10-11,14H,7-9,15H2,1-2H3. The second-order valence-corrected chi connectivity index (χ2v) is 6.71.